The summed E-state index contributed by atoms with van der Waals surface area (Å²) in [6.45, 7) is 4.90. The lowest BCUT2D eigenvalue weighted by molar-refractivity contribution is -0.149. The number of amides is 1. The highest BCUT2D eigenvalue weighted by atomic mass is 16.4. The van der Waals surface area contributed by atoms with Crippen molar-refractivity contribution in [2.24, 2.45) is 5.41 Å². The zero-order valence-corrected chi connectivity index (χ0v) is 10.8. The van der Waals surface area contributed by atoms with E-state index in [2.05, 4.69) is 10.3 Å². The van der Waals surface area contributed by atoms with Crippen molar-refractivity contribution in [2.75, 3.05) is 0 Å². The summed E-state index contributed by atoms with van der Waals surface area (Å²) in [5.41, 5.74) is -0.169. The first-order valence-corrected chi connectivity index (χ1v) is 5.75. The van der Waals surface area contributed by atoms with E-state index in [1.54, 1.807) is 18.5 Å². The molecule has 5 heteroatoms. The van der Waals surface area contributed by atoms with Crippen molar-refractivity contribution in [1.82, 2.24) is 10.3 Å². The fourth-order valence-corrected chi connectivity index (χ4v) is 1.48. The summed E-state index contributed by atoms with van der Waals surface area (Å²) < 4.78 is 0. The average molecular weight is 250 g/mol. The topological polar surface area (TPSA) is 79.3 Å². The zero-order chi connectivity index (χ0) is 13.8. The molecule has 0 saturated heterocycles. The molecule has 0 aromatic carbocycles. The van der Waals surface area contributed by atoms with Crippen LogP contribution in [-0.4, -0.2) is 22.0 Å². The van der Waals surface area contributed by atoms with E-state index in [9.17, 15) is 9.59 Å². The maximum atomic E-state index is 11.8. The molecule has 1 atom stereocenters. The van der Waals surface area contributed by atoms with Gasteiger partial charge >= 0.3 is 5.97 Å². The SMILES string of the molecule is C[C@H](NC(=O)CC(C)(C)C(=O)O)c1cccnc1. The first kappa shape index (κ1) is 14.2. The number of pyridine rings is 1. The summed E-state index contributed by atoms with van der Waals surface area (Å²) in [5.74, 6) is -1.26. The summed E-state index contributed by atoms with van der Waals surface area (Å²) in [6, 6.07) is 3.47. The fraction of sp³-hybridized carbons (Fsp3) is 0.462. The van der Waals surface area contributed by atoms with E-state index in [1.165, 1.54) is 13.8 Å². The van der Waals surface area contributed by atoms with Crippen LogP contribution < -0.4 is 5.32 Å². The van der Waals surface area contributed by atoms with E-state index in [-0.39, 0.29) is 18.4 Å². The van der Waals surface area contributed by atoms with Crippen LogP contribution in [0.4, 0.5) is 0 Å². The molecule has 0 aliphatic heterocycles. The van der Waals surface area contributed by atoms with Crippen LogP contribution in [0.25, 0.3) is 0 Å². The van der Waals surface area contributed by atoms with Gasteiger partial charge in [0, 0.05) is 18.8 Å². The van der Waals surface area contributed by atoms with E-state index in [0.29, 0.717) is 0 Å². The molecular weight excluding hydrogens is 232 g/mol. The van der Waals surface area contributed by atoms with Crippen LogP contribution in [0.2, 0.25) is 0 Å². The first-order chi connectivity index (χ1) is 8.33. The Bertz CT molecular complexity index is 429. The van der Waals surface area contributed by atoms with Gasteiger partial charge in [0.2, 0.25) is 5.91 Å². The molecule has 18 heavy (non-hydrogen) atoms. The minimum Gasteiger partial charge on any atom is -0.481 e. The van der Waals surface area contributed by atoms with Gasteiger partial charge in [-0.05, 0) is 32.4 Å². The van der Waals surface area contributed by atoms with Crippen LogP contribution in [0, 0.1) is 5.41 Å². The van der Waals surface area contributed by atoms with Gasteiger partial charge in [-0.15, -0.1) is 0 Å². The lowest BCUT2D eigenvalue weighted by atomic mass is 9.89. The maximum absolute atomic E-state index is 11.8. The molecule has 2 N–H and O–H groups in total. The summed E-state index contributed by atoms with van der Waals surface area (Å²) in [4.78, 5) is 26.6. The van der Waals surface area contributed by atoms with Crippen LogP contribution >= 0.6 is 0 Å². The average Bonchev–Trinajstić information content (AvgIpc) is 2.29. The van der Waals surface area contributed by atoms with Crippen molar-refractivity contribution < 1.29 is 14.7 Å². The number of nitrogens with one attached hydrogen (secondary N) is 1. The molecule has 0 spiro atoms. The molecule has 0 fully saturated rings. The Hall–Kier alpha value is -1.91. The number of carboxylic acid groups (broad SMARTS) is 1. The normalized spacial score (nSPS) is 12.8. The zero-order valence-electron chi connectivity index (χ0n) is 10.8. The lowest BCUT2D eigenvalue weighted by Crippen LogP contribution is -2.34. The number of aliphatic carboxylic acids is 1. The molecule has 1 aromatic rings. The molecule has 0 unspecified atom stereocenters. The quantitative estimate of drug-likeness (QED) is 0.834. The van der Waals surface area contributed by atoms with Gasteiger partial charge in [0.25, 0.3) is 0 Å². The molecule has 0 radical (unpaired) electrons. The minimum absolute atomic E-state index is 0.0487. The predicted molar refractivity (Wildman–Crippen MR) is 66.8 cm³/mol. The minimum atomic E-state index is -1.06. The van der Waals surface area contributed by atoms with Gasteiger partial charge in [-0.25, -0.2) is 0 Å². The molecule has 0 aliphatic rings. The number of hydrogen-bond acceptors (Lipinski definition) is 3. The van der Waals surface area contributed by atoms with Gasteiger partial charge in [0.15, 0.2) is 0 Å². The highest BCUT2D eigenvalue weighted by Gasteiger charge is 2.30. The van der Waals surface area contributed by atoms with Crippen molar-refractivity contribution in [3.05, 3.63) is 30.1 Å². The third-order valence-electron chi connectivity index (χ3n) is 2.74. The number of carbonyl (C=O) groups excluding carboxylic acids is 1. The Morgan fingerprint density at radius 2 is 2.17 bits per heavy atom. The second kappa shape index (κ2) is 5.62. The molecule has 0 saturated carbocycles. The van der Waals surface area contributed by atoms with Gasteiger partial charge < -0.3 is 10.4 Å². The monoisotopic (exact) mass is 250 g/mol. The molecule has 0 bridgehead atoms. The number of carbonyl (C=O) groups is 2. The van der Waals surface area contributed by atoms with Crippen molar-refractivity contribution in [2.45, 2.75) is 33.2 Å². The number of carboxylic acids is 1. The Labute approximate surface area is 106 Å². The van der Waals surface area contributed by atoms with Crippen LogP contribution in [0.3, 0.4) is 0 Å². The molecule has 1 rings (SSSR count). The number of nitrogens with zero attached hydrogens (tertiary/aromatic N) is 1. The fourth-order valence-electron chi connectivity index (χ4n) is 1.48. The Kier molecular flexibility index (Phi) is 4.42. The van der Waals surface area contributed by atoms with Gasteiger partial charge in [-0.2, -0.15) is 0 Å². The van der Waals surface area contributed by atoms with E-state index in [1.807, 2.05) is 13.0 Å². The lowest BCUT2D eigenvalue weighted by Gasteiger charge is -2.20. The Morgan fingerprint density at radius 1 is 1.50 bits per heavy atom. The van der Waals surface area contributed by atoms with Gasteiger partial charge in [-0.3, -0.25) is 14.6 Å². The number of aromatic nitrogens is 1. The van der Waals surface area contributed by atoms with E-state index < -0.39 is 11.4 Å². The van der Waals surface area contributed by atoms with Crippen LogP contribution in [0.15, 0.2) is 24.5 Å². The van der Waals surface area contributed by atoms with Crippen molar-refractivity contribution in [3.63, 3.8) is 0 Å². The molecular formula is C13H18N2O3. The van der Waals surface area contributed by atoms with Gasteiger partial charge in [-0.1, -0.05) is 6.07 Å². The molecule has 1 heterocycles. The van der Waals surface area contributed by atoms with Crippen molar-refractivity contribution >= 4 is 11.9 Å². The number of rotatable bonds is 5. The third kappa shape index (κ3) is 3.84. The largest absolute Gasteiger partial charge is 0.481 e. The van der Waals surface area contributed by atoms with Crippen molar-refractivity contribution in [3.8, 4) is 0 Å². The van der Waals surface area contributed by atoms with E-state index in [4.69, 9.17) is 5.11 Å². The highest BCUT2D eigenvalue weighted by Crippen LogP contribution is 2.21. The van der Waals surface area contributed by atoms with Crippen LogP contribution in [0.5, 0.6) is 0 Å². The summed E-state index contributed by atoms with van der Waals surface area (Å²) in [6.07, 6.45) is 3.28. The molecule has 98 valence electrons. The summed E-state index contributed by atoms with van der Waals surface area (Å²) in [5, 5.41) is 11.7. The molecule has 1 amide bonds. The van der Waals surface area contributed by atoms with E-state index in [0.717, 1.165) is 5.56 Å². The Balaban J connectivity index is 2.58. The van der Waals surface area contributed by atoms with Crippen LogP contribution in [0.1, 0.15) is 38.8 Å². The highest BCUT2D eigenvalue weighted by molar-refractivity contribution is 5.84. The third-order valence-corrected chi connectivity index (χ3v) is 2.74. The molecule has 5 nitrogen and oxygen atoms in total. The summed E-state index contributed by atoms with van der Waals surface area (Å²) >= 11 is 0. The molecule has 1 aromatic heterocycles. The smallest absolute Gasteiger partial charge is 0.309 e. The van der Waals surface area contributed by atoms with Crippen LogP contribution in [-0.2, 0) is 9.59 Å². The summed E-state index contributed by atoms with van der Waals surface area (Å²) in [7, 11) is 0. The van der Waals surface area contributed by atoms with Gasteiger partial charge in [0.05, 0.1) is 11.5 Å². The van der Waals surface area contributed by atoms with Gasteiger partial charge in [0.1, 0.15) is 0 Å². The standard InChI is InChI=1S/C13H18N2O3/c1-9(10-5-4-6-14-8-10)15-11(16)7-13(2,3)12(17)18/h4-6,8-9H,7H2,1-3H3,(H,15,16)(H,17,18)/t9-/m0/s1. The second-order valence-electron chi connectivity index (χ2n) is 4.94. The Morgan fingerprint density at radius 3 is 2.67 bits per heavy atom. The second-order valence-corrected chi connectivity index (χ2v) is 4.94. The predicted octanol–water partition coefficient (Wildman–Crippen LogP) is 1.76. The maximum Gasteiger partial charge on any atom is 0.309 e. The number of hydrogen-bond donors (Lipinski definition) is 2. The molecule has 0 aliphatic carbocycles. The van der Waals surface area contributed by atoms with E-state index >= 15 is 0 Å². The van der Waals surface area contributed by atoms with Crippen molar-refractivity contribution in [1.29, 1.82) is 0 Å². The first-order valence-electron chi connectivity index (χ1n) is 5.75.